The van der Waals surface area contributed by atoms with Crippen molar-refractivity contribution in [2.75, 3.05) is 48.1 Å². The van der Waals surface area contributed by atoms with E-state index >= 15 is 0 Å². The highest BCUT2D eigenvalue weighted by atomic mass is 127. The monoisotopic (exact) mass is 535 g/mol. The first kappa shape index (κ1) is 26.6. The van der Waals surface area contributed by atoms with Crippen LogP contribution in [-0.4, -0.2) is 54.1 Å². The number of methoxy groups -OCH3 is 4. The number of halogens is 1. The first-order valence-electron chi connectivity index (χ1n) is 10.4. The van der Waals surface area contributed by atoms with Crippen molar-refractivity contribution in [1.82, 2.24) is 10.6 Å². The maximum atomic E-state index is 5.54. The van der Waals surface area contributed by atoms with Crippen LogP contribution in [0.25, 0.3) is 0 Å². The van der Waals surface area contributed by atoms with Gasteiger partial charge < -0.3 is 29.6 Å². The third-order valence-electron chi connectivity index (χ3n) is 5.69. The Morgan fingerprint density at radius 3 is 2.13 bits per heavy atom. The second-order valence-corrected chi connectivity index (χ2v) is 7.51. The lowest BCUT2D eigenvalue weighted by atomic mass is 9.83. The smallest absolute Gasteiger partial charge is 0.191 e. The zero-order valence-electron chi connectivity index (χ0n) is 19.0. The zero-order valence-corrected chi connectivity index (χ0v) is 21.3. The Labute approximate surface area is 198 Å². The minimum atomic E-state index is 0. The molecule has 2 N–H and O–H groups in total. The van der Waals surface area contributed by atoms with Crippen LogP contribution in [0.1, 0.15) is 44.6 Å². The molecule has 0 atom stereocenters. The van der Waals surface area contributed by atoms with Gasteiger partial charge in [-0.3, -0.25) is 0 Å². The summed E-state index contributed by atoms with van der Waals surface area (Å²) >= 11 is 0. The van der Waals surface area contributed by atoms with Gasteiger partial charge in [0, 0.05) is 38.9 Å². The minimum Gasteiger partial charge on any atom is -0.496 e. The molecule has 0 unspecified atom stereocenters. The number of rotatable bonds is 11. The average Bonchev–Trinajstić information content (AvgIpc) is 3.22. The largest absolute Gasteiger partial charge is 0.496 e. The summed E-state index contributed by atoms with van der Waals surface area (Å²) in [4.78, 5) is 4.79. The molecule has 0 heterocycles. The van der Waals surface area contributed by atoms with Crippen LogP contribution in [0.2, 0.25) is 0 Å². The highest BCUT2D eigenvalue weighted by Gasteiger charge is 2.33. The number of ether oxygens (including phenoxy) is 4. The molecule has 0 bridgehead atoms. The molecule has 0 saturated heterocycles. The fourth-order valence-corrected chi connectivity index (χ4v) is 3.96. The summed E-state index contributed by atoms with van der Waals surface area (Å²) in [5.74, 6) is 2.90. The summed E-state index contributed by atoms with van der Waals surface area (Å²) in [6.07, 6.45) is 6.14. The summed E-state index contributed by atoms with van der Waals surface area (Å²) in [6, 6.07) is 3.71. The van der Waals surface area contributed by atoms with E-state index in [4.69, 9.17) is 23.9 Å². The van der Waals surface area contributed by atoms with E-state index in [1.54, 1.807) is 28.4 Å². The molecule has 1 saturated carbocycles. The van der Waals surface area contributed by atoms with Crippen LogP contribution in [0, 0.1) is 5.41 Å². The Bertz CT molecular complexity index is 639. The van der Waals surface area contributed by atoms with Crippen molar-refractivity contribution >= 4 is 29.9 Å². The second kappa shape index (κ2) is 13.8. The van der Waals surface area contributed by atoms with E-state index in [2.05, 4.69) is 17.6 Å². The molecule has 1 aromatic carbocycles. The summed E-state index contributed by atoms with van der Waals surface area (Å²) in [7, 11) is 6.69. The van der Waals surface area contributed by atoms with Gasteiger partial charge in [-0.25, -0.2) is 4.99 Å². The molecule has 172 valence electrons. The van der Waals surface area contributed by atoms with Gasteiger partial charge in [-0.2, -0.15) is 0 Å². The van der Waals surface area contributed by atoms with Gasteiger partial charge in [-0.05, 0) is 31.6 Å². The van der Waals surface area contributed by atoms with Crippen molar-refractivity contribution in [3.63, 3.8) is 0 Å². The van der Waals surface area contributed by atoms with Gasteiger partial charge in [0.25, 0.3) is 0 Å². The molecule has 2 rings (SSSR count). The molecule has 0 aromatic heterocycles. The molecule has 1 fully saturated rings. The van der Waals surface area contributed by atoms with Crippen molar-refractivity contribution < 1.29 is 18.9 Å². The molecule has 0 radical (unpaired) electrons. The summed E-state index contributed by atoms with van der Waals surface area (Å²) < 4.78 is 21.8. The van der Waals surface area contributed by atoms with Crippen molar-refractivity contribution in [2.24, 2.45) is 10.4 Å². The highest BCUT2D eigenvalue weighted by molar-refractivity contribution is 14.0. The molecule has 0 amide bonds. The number of nitrogens with one attached hydrogen (secondary N) is 2. The Morgan fingerprint density at radius 2 is 1.63 bits per heavy atom. The van der Waals surface area contributed by atoms with Gasteiger partial charge in [0.05, 0.1) is 33.4 Å². The topological polar surface area (TPSA) is 73.3 Å². The number of hydrogen-bond donors (Lipinski definition) is 2. The van der Waals surface area contributed by atoms with Gasteiger partial charge in [-0.15, -0.1) is 24.0 Å². The average molecular weight is 535 g/mol. The number of aliphatic imine (C=N–C) groups is 1. The van der Waals surface area contributed by atoms with Crippen LogP contribution >= 0.6 is 24.0 Å². The van der Waals surface area contributed by atoms with E-state index in [0.29, 0.717) is 29.2 Å². The van der Waals surface area contributed by atoms with Crippen LogP contribution in [0.5, 0.6) is 17.2 Å². The molecule has 1 aliphatic carbocycles. The SMILES string of the molecule is CCNC(=NCc1c(OC)cc(OC)cc1OC)NCC1(CCOC)CCCC1.I. The van der Waals surface area contributed by atoms with Crippen LogP contribution in [0.3, 0.4) is 0 Å². The quantitative estimate of drug-likeness (QED) is 0.254. The summed E-state index contributed by atoms with van der Waals surface area (Å²) in [6.45, 7) is 5.02. The van der Waals surface area contributed by atoms with Crippen LogP contribution in [-0.2, 0) is 11.3 Å². The maximum Gasteiger partial charge on any atom is 0.191 e. The van der Waals surface area contributed by atoms with Crippen molar-refractivity contribution in [3.05, 3.63) is 17.7 Å². The normalized spacial score (nSPS) is 15.3. The third kappa shape index (κ3) is 7.37. The summed E-state index contributed by atoms with van der Waals surface area (Å²) in [5, 5.41) is 6.91. The molecule has 0 spiro atoms. The lowest BCUT2D eigenvalue weighted by Gasteiger charge is -2.30. The van der Waals surface area contributed by atoms with E-state index < -0.39 is 0 Å². The van der Waals surface area contributed by atoms with Gasteiger partial charge >= 0.3 is 0 Å². The van der Waals surface area contributed by atoms with Gasteiger partial charge in [-0.1, -0.05) is 12.8 Å². The van der Waals surface area contributed by atoms with E-state index in [1.807, 2.05) is 12.1 Å². The Morgan fingerprint density at radius 1 is 1.00 bits per heavy atom. The van der Waals surface area contributed by atoms with Crippen molar-refractivity contribution in [1.29, 1.82) is 0 Å². The van der Waals surface area contributed by atoms with E-state index in [9.17, 15) is 0 Å². The molecule has 0 aliphatic heterocycles. The fraction of sp³-hybridized carbons (Fsp3) is 0.682. The highest BCUT2D eigenvalue weighted by Crippen LogP contribution is 2.40. The molecular weight excluding hydrogens is 497 g/mol. The van der Waals surface area contributed by atoms with E-state index in [-0.39, 0.29) is 24.0 Å². The maximum absolute atomic E-state index is 5.54. The van der Waals surface area contributed by atoms with Gasteiger partial charge in [0.15, 0.2) is 5.96 Å². The van der Waals surface area contributed by atoms with E-state index in [0.717, 1.165) is 37.6 Å². The molecule has 1 aromatic rings. The Hall–Kier alpha value is -1.42. The van der Waals surface area contributed by atoms with Crippen LogP contribution < -0.4 is 24.8 Å². The lowest BCUT2D eigenvalue weighted by molar-refractivity contribution is 0.138. The lowest BCUT2D eigenvalue weighted by Crippen LogP contribution is -2.43. The number of guanidine groups is 1. The first-order chi connectivity index (χ1) is 14.1. The third-order valence-corrected chi connectivity index (χ3v) is 5.69. The molecular formula is C22H38IN3O4. The Kier molecular flexibility index (Phi) is 12.2. The fourth-order valence-electron chi connectivity index (χ4n) is 3.96. The van der Waals surface area contributed by atoms with E-state index in [1.165, 1.54) is 25.7 Å². The standard InChI is InChI=1S/C22H37N3O4.HI/c1-6-23-21(25-16-22(11-12-26-2)9-7-8-10-22)24-15-18-19(28-4)13-17(27-3)14-20(18)29-5;/h13-14H,6-12,15-16H2,1-5H3,(H2,23,24,25);1H. The minimum absolute atomic E-state index is 0. The van der Waals surface area contributed by atoms with Gasteiger partial charge in [0.2, 0.25) is 0 Å². The molecule has 7 nitrogen and oxygen atoms in total. The van der Waals surface area contributed by atoms with Crippen molar-refractivity contribution in [3.8, 4) is 17.2 Å². The van der Waals surface area contributed by atoms with Crippen molar-refractivity contribution in [2.45, 2.75) is 45.6 Å². The predicted octanol–water partition coefficient (Wildman–Crippen LogP) is 3.98. The first-order valence-corrected chi connectivity index (χ1v) is 10.4. The second-order valence-electron chi connectivity index (χ2n) is 7.51. The Balaban J connectivity index is 0.00000450. The molecule has 8 heteroatoms. The predicted molar refractivity (Wildman–Crippen MR) is 132 cm³/mol. The molecule has 1 aliphatic rings. The van der Waals surface area contributed by atoms with Crippen LogP contribution in [0.4, 0.5) is 0 Å². The van der Waals surface area contributed by atoms with Crippen LogP contribution in [0.15, 0.2) is 17.1 Å². The molecule has 30 heavy (non-hydrogen) atoms. The number of nitrogens with zero attached hydrogens (tertiary/aromatic N) is 1. The number of benzene rings is 1. The zero-order chi connectivity index (χ0) is 21.1. The number of hydrogen-bond acceptors (Lipinski definition) is 5. The summed E-state index contributed by atoms with van der Waals surface area (Å²) in [5.41, 5.74) is 1.18. The van der Waals surface area contributed by atoms with Gasteiger partial charge in [0.1, 0.15) is 17.2 Å².